The average Bonchev–Trinajstić information content (AvgIpc) is 2.62. The Bertz CT molecular complexity index is 511. The van der Waals surface area contributed by atoms with Crippen LogP contribution in [0.15, 0.2) is 48.6 Å². The zero-order valence-electron chi connectivity index (χ0n) is 15.3. The van der Waals surface area contributed by atoms with Gasteiger partial charge in [-0.3, -0.25) is 9.59 Å². The number of cyclic esters (lactones) is 2. The molecule has 4 atom stereocenters. The largest absolute Gasteiger partial charge is 0.455 e. The first-order valence-corrected chi connectivity index (χ1v) is 8.82. The molecular formula is C20H28O6. The third-order valence-corrected chi connectivity index (χ3v) is 3.79. The van der Waals surface area contributed by atoms with Gasteiger partial charge in [-0.05, 0) is 38.8 Å². The van der Waals surface area contributed by atoms with Gasteiger partial charge in [-0.2, -0.15) is 0 Å². The Labute approximate surface area is 154 Å². The van der Waals surface area contributed by atoms with Crippen LogP contribution in [-0.4, -0.2) is 46.6 Å². The number of hydrogen-bond acceptors (Lipinski definition) is 6. The molecule has 0 spiro atoms. The molecule has 2 fully saturated rings. The van der Waals surface area contributed by atoms with Gasteiger partial charge in [0.2, 0.25) is 0 Å². The Morgan fingerprint density at radius 3 is 1.50 bits per heavy atom. The van der Waals surface area contributed by atoms with Crippen LogP contribution in [-0.2, 0) is 19.1 Å². The molecule has 6 nitrogen and oxygen atoms in total. The lowest BCUT2D eigenvalue weighted by Gasteiger charge is -2.24. The smallest absolute Gasteiger partial charge is 0.306 e. The quantitative estimate of drug-likeness (QED) is 0.588. The Hall–Kier alpha value is -2.18. The van der Waals surface area contributed by atoms with E-state index in [1.165, 1.54) is 0 Å². The summed E-state index contributed by atoms with van der Waals surface area (Å²) in [4.78, 5) is 21.7. The van der Waals surface area contributed by atoms with E-state index in [4.69, 9.17) is 9.47 Å². The first-order chi connectivity index (χ1) is 12.5. The summed E-state index contributed by atoms with van der Waals surface area (Å²) in [6, 6.07) is 0. The maximum absolute atomic E-state index is 10.9. The van der Waals surface area contributed by atoms with E-state index in [1.54, 1.807) is 24.3 Å². The van der Waals surface area contributed by atoms with Crippen molar-refractivity contribution in [1.82, 2.24) is 0 Å². The predicted octanol–water partition coefficient (Wildman–Crippen LogP) is 2.37. The zero-order chi connectivity index (χ0) is 19.4. The number of carbonyl (C=O) groups is 2. The number of carbonyl (C=O) groups excluding carboxylic acids is 2. The van der Waals surface area contributed by atoms with Crippen LogP contribution in [0.5, 0.6) is 0 Å². The fraction of sp³-hybridized carbons (Fsp3) is 0.500. The van der Waals surface area contributed by atoms with E-state index < -0.39 is 24.4 Å². The molecule has 0 aromatic carbocycles. The Morgan fingerprint density at radius 1 is 0.769 bits per heavy atom. The number of esters is 2. The van der Waals surface area contributed by atoms with Gasteiger partial charge in [0, 0.05) is 12.8 Å². The highest BCUT2D eigenvalue weighted by Gasteiger charge is 2.27. The second-order valence-electron chi connectivity index (χ2n) is 5.94. The third-order valence-electron chi connectivity index (χ3n) is 3.79. The lowest BCUT2D eigenvalue weighted by Crippen LogP contribution is -2.34. The molecule has 0 radical (unpaired) electrons. The van der Waals surface area contributed by atoms with Gasteiger partial charge in [0.15, 0.2) is 0 Å². The van der Waals surface area contributed by atoms with Crippen molar-refractivity contribution < 1.29 is 29.3 Å². The van der Waals surface area contributed by atoms with Crippen molar-refractivity contribution >= 4 is 11.9 Å². The van der Waals surface area contributed by atoms with E-state index in [0.717, 1.165) is 0 Å². The molecule has 0 aliphatic carbocycles. The predicted molar refractivity (Wildman–Crippen MR) is 98.1 cm³/mol. The highest BCUT2D eigenvalue weighted by atomic mass is 16.6. The maximum atomic E-state index is 10.9. The van der Waals surface area contributed by atoms with E-state index in [9.17, 15) is 19.8 Å². The lowest BCUT2D eigenvalue weighted by atomic mass is 10.1. The van der Waals surface area contributed by atoms with Crippen LogP contribution in [0.3, 0.4) is 0 Å². The Morgan fingerprint density at radius 2 is 1.15 bits per heavy atom. The van der Waals surface area contributed by atoms with Crippen molar-refractivity contribution in [2.75, 3.05) is 0 Å². The molecule has 2 N–H and O–H groups in total. The number of rotatable bonds is 4. The number of aliphatic hydroxyl groups excluding tert-OH is 2. The van der Waals surface area contributed by atoms with E-state index in [-0.39, 0.29) is 11.9 Å². The van der Waals surface area contributed by atoms with E-state index in [0.29, 0.717) is 25.7 Å². The van der Waals surface area contributed by atoms with Crippen LogP contribution in [0, 0.1) is 0 Å². The van der Waals surface area contributed by atoms with Gasteiger partial charge in [0.05, 0.1) is 12.2 Å². The van der Waals surface area contributed by atoms with Gasteiger partial charge >= 0.3 is 11.9 Å². The van der Waals surface area contributed by atoms with Gasteiger partial charge < -0.3 is 19.7 Å². The first kappa shape index (κ1) is 21.9. The van der Waals surface area contributed by atoms with Crippen molar-refractivity contribution in [3.63, 3.8) is 0 Å². The summed E-state index contributed by atoms with van der Waals surface area (Å²) in [5, 5.41) is 18.9. The van der Waals surface area contributed by atoms with Crippen LogP contribution in [0.4, 0.5) is 0 Å². The summed E-state index contributed by atoms with van der Waals surface area (Å²) in [6.45, 7) is 3.79. The van der Waals surface area contributed by atoms with Crippen molar-refractivity contribution in [1.29, 1.82) is 0 Å². The second-order valence-corrected chi connectivity index (χ2v) is 5.94. The van der Waals surface area contributed by atoms with Crippen LogP contribution in [0.25, 0.3) is 0 Å². The third kappa shape index (κ3) is 8.27. The van der Waals surface area contributed by atoms with Crippen molar-refractivity contribution in [2.24, 2.45) is 0 Å². The first-order valence-electron chi connectivity index (χ1n) is 8.82. The molecule has 26 heavy (non-hydrogen) atoms. The van der Waals surface area contributed by atoms with Crippen LogP contribution in [0.2, 0.25) is 0 Å². The van der Waals surface area contributed by atoms with Crippen molar-refractivity contribution in [3.8, 4) is 0 Å². The Kier molecular flexibility index (Phi) is 10.3. The maximum Gasteiger partial charge on any atom is 0.306 e. The summed E-state index contributed by atoms with van der Waals surface area (Å²) in [7, 11) is 0. The van der Waals surface area contributed by atoms with Crippen molar-refractivity contribution in [3.05, 3.63) is 48.6 Å². The minimum atomic E-state index is -0.556. The molecule has 2 saturated heterocycles. The molecule has 0 bridgehead atoms. The van der Waals surface area contributed by atoms with Crippen molar-refractivity contribution in [2.45, 2.75) is 63.9 Å². The molecule has 144 valence electrons. The summed E-state index contributed by atoms with van der Waals surface area (Å²) >= 11 is 0. The highest BCUT2D eigenvalue weighted by molar-refractivity contribution is 5.71. The summed E-state index contributed by atoms with van der Waals surface area (Å²) in [5.41, 5.74) is 0. The topological polar surface area (TPSA) is 93.1 Å². The SMILES string of the molecule is C/C=C/C=C\[C@H]1OC(=O)CC[C@@H]1O.C/C=C\C=C/[C@H]1OC(=O)CC[C@@H]1O. The second kappa shape index (κ2) is 12.2. The van der Waals surface area contributed by atoms with Crippen LogP contribution < -0.4 is 0 Å². The van der Waals surface area contributed by atoms with E-state index >= 15 is 0 Å². The molecule has 0 amide bonds. The molecular weight excluding hydrogens is 336 g/mol. The minimum absolute atomic E-state index is 0.236. The molecule has 2 aliphatic rings. The van der Waals surface area contributed by atoms with Crippen LogP contribution >= 0.6 is 0 Å². The van der Waals surface area contributed by atoms with Gasteiger partial charge in [0.25, 0.3) is 0 Å². The van der Waals surface area contributed by atoms with E-state index in [1.807, 2.05) is 38.2 Å². The molecule has 0 aromatic rings. The van der Waals surface area contributed by atoms with E-state index in [2.05, 4.69) is 0 Å². The van der Waals surface area contributed by atoms with Gasteiger partial charge in [-0.15, -0.1) is 0 Å². The normalized spacial score (nSPS) is 29.8. The van der Waals surface area contributed by atoms with Crippen LogP contribution in [0.1, 0.15) is 39.5 Å². The number of ether oxygens (including phenoxy) is 2. The molecule has 2 aliphatic heterocycles. The highest BCUT2D eigenvalue weighted by Crippen LogP contribution is 2.16. The molecule has 2 heterocycles. The molecule has 6 heteroatoms. The molecule has 0 unspecified atom stereocenters. The lowest BCUT2D eigenvalue weighted by molar-refractivity contribution is -0.159. The Balaban J connectivity index is 0.000000260. The zero-order valence-corrected chi connectivity index (χ0v) is 15.3. The monoisotopic (exact) mass is 364 g/mol. The number of aliphatic hydroxyl groups is 2. The average molecular weight is 364 g/mol. The fourth-order valence-electron chi connectivity index (χ4n) is 2.34. The number of allylic oxidation sites excluding steroid dienone is 6. The molecule has 0 saturated carbocycles. The molecule has 0 aromatic heterocycles. The summed E-state index contributed by atoms with van der Waals surface area (Å²) in [6.07, 6.45) is 13.9. The van der Waals surface area contributed by atoms with Gasteiger partial charge in [-0.25, -0.2) is 0 Å². The summed E-state index contributed by atoms with van der Waals surface area (Å²) < 4.78 is 9.87. The molecule has 2 rings (SSSR count). The number of hydrogen-bond donors (Lipinski definition) is 2. The standard InChI is InChI=1S/2C10H14O3/c2*1-2-3-4-5-9-8(11)6-7-10(12)13-9/h2*2-5,8-9,11H,6-7H2,1H3/b3-2+,5-4-;3-2-,5-4-/t2*8-,9+/m00/s1. The van der Waals surface area contributed by atoms with Gasteiger partial charge in [0.1, 0.15) is 12.2 Å². The minimum Gasteiger partial charge on any atom is -0.455 e. The van der Waals surface area contributed by atoms with Gasteiger partial charge in [-0.1, -0.05) is 36.5 Å². The fourth-order valence-corrected chi connectivity index (χ4v) is 2.34. The summed E-state index contributed by atoms with van der Waals surface area (Å²) in [5.74, 6) is -0.471.